The largest absolute Gasteiger partial charge is 0.314 e. The van der Waals surface area contributed by atoms with Crippen molar-refractivity contribution in [2.45, 2.75) is 6.04 Å². The third kappa shape index (κ3) is 3.43. The molecule has 0 spiro atoms. The number of piperazine rings is 1. The first-order chi connectivity index (χ1) is 6.77. The van der Waals surface area contributed by atoms with Crippen molar-refractivity contribution in [3.05, 3.63) is 32.7 Å². The van der Waals surface area contributed by atoms with Crippen LogP contribution in [0.5, 0.6) is 0 Å². The summed E-state index contributed by atoms with van der Waals surface area (Å²) >= 11 is 6.99. The van der Waals surface area contributed by atoms with Gasteiger partial charge in [-0.25, -0.2) is 0 Å². The van der Waals surface area contributed by atoms with Gasteiger partial charge in [-0.15, -0.1) is 12.4 Å². The summed E-state index contributed by atoms with van der Waals surface area (Å²) in [7, 11) is 0. The molecule has 0 radical (unpaired) electrons. The molecular formula is C10H13Br2ClN2. The Bertz CT molecular complexity index is 327. The third-order valence-electron chi connectivity index (χ3n) is 2.39. The minimum absolute atomic E-state index is 0. The van der Waals surface area contributed by atoms with Gasteiger partial charge in [0.25, 0.3) is 0 Å². The van der Waals surface area contributed by atoms with E-state index in [1.54, 1.807) is 0 Å². The zero-order valence-corrected chi connectivity index (χ0v) is 12.1. The van der Waals surface area contributed by atoms with E-state index >= 15 is 0 Å². The number of halogens is 3. The molecule has 0 aliphatic carbocycles. The predicted molar refractivity (Wildman–Crippen MR) is 72.7 cm³/mol. The fourth-order valence-electron chi connectivity index (χ4n) is 1.62. The summed E-state index contributed by atoms with van der Waals surface area (Å²) < 4.78 is 2.22. The van der Waals surface area contributed by atoms with Crippen molar-refractivity contribution in [3.8, 4) is 0 Å². The molecule has 1 aliphatic rings. The van der Waals surface area contributed by atoms with E-state index in [2.05, 4.69) is 60.7 Å². The van der Waals surface area contributed by atoms with Gasteiger partial charge in [0.2, 0.25) is 0 Å². The second-order valence-electron chi connectivity index (χ2n) is 3.38. The zero-order valence-electron chi connectivity index (χ0n) is 8.09. The molecule has 1 aromatic carbocycles. The summed E-state index contributed by atoms with van der Waals surface area (Å²) in [5, 5.41) is 6.86. The molecule has 0 saturated carbocycles. The highest BCUT2D eigenvalue weighted by atomic mass is 79.9. The number of benzene rings is 1. The SMILES string of the molecule is Brc1ccc([C@@H]2CNCCN2)cc1Br.Cl. The second kappa shape index (κ2) is 6.21. The summed E-state index contributed by atoms with van der Waals surface area (Å²) in [6.45, 7) is 3.11. The Morgan fingerprint density at radius 2 is 1.93 bits per heavy atom. The van der Waals surface area contributed by atoms with Crippen molar-refractivity contribution in [3.63, 3.8) is 0 Å². The molecule has 1 atom stereocenters. The van der Waals surface area contributed by atoms with Crippen LogP contribution in [0.15, 0.2) is 27.1 Å². The van der Waals surface area contributed by atoms with Crippen LogP contribution >= 0.6 is 44.3 Å². The monoisotopic (exact) mass is 354 g/mol. The van der Waals surface area contributed by atoms with Gasteiger partial charge in [0.15, 0.2) is 0 Å². The number of rotatable bonds is 1. The lowest BCUT2D eigenvalue weighted by molar-refractivity contribution is 0.430. The molecule has 5 heteroatoms. The first-order valence-corrected chi connectivity index (χ1v) is 6.25. The lowest BCUT2D eigenvalue weighted by atomic mass is 10.1. The van der Waals surface area contributed by atoms with Crippen LogP contribution in [-0.2, 0) is 0 Å². The quantitative estimate of drug-likeness (QED) is 0.809. The van der Waals surface area contributed by atoms with Crippen LogP contribution in [0.4, 0.5) is 0 Å². The van der Waals surface area contributed by atoms with Crippen LogP contribution in [0.25, 0.3) is 0 Å². The van der Waals surface area contributed by atoms with Gasteiger partial charge in [0.1, 0.15) is 0 Å². The number of nitrogens with one attached hydrogen (secondary N) is 2. The Balaban J connectivity index is 0.00000112. The highest BCUT2D eigenvalue weighted by molar-refractivity contribution is 9.13. The lowest BCUT2D eigenvalue weighted by Gasteiger charge is -2.25. The van der Waals surface area contributed by atoms with E-state index in [9.17, 15) is 0 Å². The van der Waals surface area contributed by atoms with Gasteiger partial charge in [0.05, 0.1) is 0 Å². The topological polar surface area (TPSA) is 24.1 Å². The van der Waals surface area contributed by atoms with Gasteiger partial charge in [-0.2, -0.15) is 0 Å². The summed E-state index contributed by atoms with van der Waals surface area (Å²) in [5.41, 5.74) is 1.33. The van der Waals surface area contributed by atoms with Crippen molar-refractivity contribution < 1.29 is 0 Å². The fraction of sp³-hybridized carbons (Fsp3) is 0.400. The highest BCUT2D eigenvalue weighted by Crippen LogP contribution is 2.26. The molecule has 1 saturated heterocycles. The van der Waals surface area contributed by atoms with Crippen LogP contribution < -0.4 is 10.6 Å². The molecule has 1 aromatic rings. The molecular weight excluding hydrogens is 343 g/mol. The fourth-order valence-corrected chi connectivity index (χ4v) is 2.26. The van der Waals surface area contributed by atoms with Gasteiger partial charge in [-0.05, 0) is 49.6 Å². The van der Waals surface area contributed by atoms with E-state index in [4.69, 9.17) is 0 Å². The Morgan fingerprint density at radius 3 is 2.53 bits per heavy atom. The Morgan fingerprint density at radius 1 is 1.13 bits per heavy atom. The van der Waals surface area contributed by atoms with Crippen LogP contribution in [-0.4, -0.2) is 19.6 Å². The summed E-state index contributed by atoms with van der Waals surface area (Å²) in [6, 6.07) is 6.83. The summed E-state index contributed by atoms with van der Waals surface area (Å²) in [6.07, 6.45) is 0. The zero-order chi connectivity index (χ0) is 9.97. The molecule has 2 N–H and O–H groups in total. The Kier molecular flexibility index (Phi) is 5.57. The van der Waals surface area contributed by atoms with Gasteiger partial charge < -0.3 is 10.6 Å². The van der Waals surface area contributed by atoms with Crippen LogP contribution in [0.3, 0.4) is 0 Å². The average Bonchev–Trinajstić information content (AvgIpc) is 2.23. The highest BCUT2D eigenvalue weighted by Gasteiger charge is 2.14. The van der Waals surface area contributed by atoms with E-state index in [1.165, 1.54) is 5.56 Å². The van der Waals surface area contributed by atoms with Crippen LogP contribution in [0.1, 0.15) is 11.6 Å². The molecule has 0 unspecified atom stereocenters. The molecule has 15 heavy (non-hydrogen) atoms. The lowest BCUT2D eigenvalue weighted by Crippen LogP contribution is -2.42. The normalized spacial score (nSPS) is 20.8. The molecule has 1 aliphatic heterocycles. The van der Waals surface area contributed by atoms with Crippen molar-refractivity contribution >= 4 is 44.3 Å². The number of hydrogen-bond acceptors (Lipinski definition) is 2. The molecule has 0 amide bonds. The maximum Gasteiger partial charge on any atom is 0.0447 e. The smallest absolute Gasteiger partial charge is 0.0447 e. The first-order valence-electron chi connectivity index (χ1n) is 4.66. The maximum absolute atomic E-state index is 3.52. The third-order valence-corrected chi connectivity index (χ3v) is 4.27. The second-order valence-corrected chi connectivity index (χ2v) is 5.09. The van der Waals surface area contributed by atoms with E-state index in [1.807, 2.05) is 0 Å². The molecule has 1 fully saturated rings. The van der Waals surface area contributed by atoms with Crippen molar-refractivity contribution in [2.24, 2.45) is 0 Å². The molecule has 0 bridgehead atoms. The summed E-state index contributed by atoms with van der Waals surface area (Å²) in [4.78, 5) is 0. The van der Waals surface area contributed by atoms with Crippen LogP contribution in [0.2, 0.25) is 0 Å². The average molecular weight is 356 g/mol. The molecule has 84 valence electrons. The van der Waals surface area contributed by atoms with Gasteiger partial charge >= 0.3 is 0 Å². The van der Waals surface area contributed by atoms with Gasteiger partial charge in [-0.3, -0.25) is 0 Å². The molecule has 2 nitrogen and oxygen atoms in total. The van der Waals surface area contributed by atoms with E-state index in [0.29, 0.717) is 6.04 Å². The van der Waals surface area contributed by atoms with Crippen LogP contribution in [0, 0.1) is 0 Å². The van der Waals surface area contributed by atoms with E-state index in [0.717, 1.165) is 28.6 Å². The molecule has 2 rings (SSSR count). The Hall–Kier alpha value is 0.390. The van der Waals surface area contributed by atoms with E-state index in [-0.39, 0.29) is 12.4 Å². The Labute approximate surface area is 113 Å². The minimum Gasteiger partial charge on any atom is -0.314 e. The van der Waals surface area contributed by atoms with Crippen molar-refractivity contribution in [1.29, 1.82) is 0 Å². The first kappa shape index (κ1) is 13.5. The predicted octanol–water partition coefficient (Wildman–Crippen LogP) is 2.87. The molecule has 0 aromatic heterocycles. The summed E-state index contributed by atoms with van der Waals surface area (Å²) in [5.74, 6) is 0. The molecule has 1 heterocycles. The number of hydrogen-bond donors (Lipinski definition) is 2. The minimum atomic E-state index is 0. The maximum atomic E-state index is 3.52. The van der Waals surface area contributed by atoms with Crippen molar-refractivity contribution in [2.75, 3.05) is 19.6 Å². The van der Waals surface area contributed by atoms with Crippen molar-refractivity contribution in [1.82, 2.24) is 10.6 Å². The standard InChI is InChI=1S/C10H12Br2N2.ClH/c11-8-2-1-7(5-9(8)12)10-6-13-3-4-14-10;/h1-2,5,10,13-14H,3-4,6H2;1H/t10-;/m0./s1. The van der Waals surface area contributed by atoms with E-state index < -0.39 is 0 Å². The van der Waals surface area contributed by atoms with Gasteiger partial charge in [-0.1, -0.05) is 6.07 Å². The van der Waals surface area contributed by atoms with Gasteiger partial charge in [0, 0.05) is 34.6 Å².